The summed E-state index contributed by atoms with van der Waals surface area (Å²) in [5.74, 6) is 0. The molecule has 0 saturated carbocycles. The molecule has 4 nitrogen and oxygen atoms in total. The largest absolute Gasteiger partial charge is 0.311 e. The lowest BCUT2D eigenvalue weighted by atomic mass is 10.1. The van der Waals surface area contributed by atoms with Gasteiger partial charge in [0.05, 0.1) is 5.69 Å². The van der Waals surface area contributed by atoms with Gasteiger partial charge in [-0.3, -0.25) is 10.00 Å². The molecule has 0 amide bonds. The summed E-state index contributed by atoms with van der Waals surface area (Å²) in [5, 5.41) is 11.0. The summed E-state index contributed by atoms with van der Waals surface area (Å²) in [7, 11) is 0. The standard InChI is InChI=1S/C18H26N4/c1-14-17(15(2)21-20-14)12-19-13-18(22-10-6-7-11-22)16-8-4-3-5-9-16/h3-5,8-9,18-19H,6-7,10-13H2,1-2H3,(H,20,21)/t18-/m1/s1. The molecule has 4 heteroatoms. The summed E-state index contributed by atoms with van der Waals surface area (Å²) in [6.07, 6.45) is 2.65. The van der Waals surface area contributed by atoms with Gasteiger partial charge in [0.1, 0.15) is 0 Å². The van der Waals surface area contributed by atoms with Gasteiger partial charge in [-0.2, -0.15) is 5.10 Å². The molecule has 0 unspecified atom stereocenters. The Morgan fingerprint density at radius 2 is 1.91 bits per heavy atom. The zero-order valence-electron chi connectivity index (χ0n) is 13.6. The molecule has 0 spiro atoms. The van der Waals surface area contributed by atoms with Crippen LogP contribution in [0.5, 0.6) is 0 Å². The fourth-order valence-electron chi connectivity index (χ4n) is 3.35. The Labute approximate surface area is 132 Å². The highest BCUT2D eigenvalue weighted by Crippen LogP contribution is 2.24. The van der Waals surface area contributed by atoms with E-state index in [9.17, 15) is 0 Å². The minimum atomic E-state index is 0.469. The predicted octanol–water partition coefficient (Wildman–Crippen LogP) is 2.95. The van der Waals surface area contributed by atoms with Gasteiger partial charge in [-0.1, -0.05) is 30.3 Å². The molecule has 2 heterocycles. The van der Waals surface area contributed by atoms with Gasteiger partial charge in [-0.25, -0.2) is 0 Å². The Kier molecular flexibility index (Phi) is 4.90. The number of rotatable bonds is 6. The predicted molar refractivity (Wildman–Crippen MR) is 89.8 cm³/mol. The van der Waals surface area contributed by atoms with Gasteiger partial charge in [0, 0.05) is 30.4 Å². The van der Waals surface area contributed by atoms with Crippen molar-refractivity contribution in [1.82, 2.24) is 20.4 Å². The first-order valence-electron chi connectivity index (χ1n) is 8.26. The van der Waals surface area contributed by atoms with E-state index < -0.39 is 0 Å². The van der Waals surface area contributed by atoms with Gasteiger partial charge < -0.3 is 5.32 Å². The second kappa shape index (κ2) is 7.07. The van der Waals surface area contributed by atoms with Gasteiger partial charge in [-0.15, -0.1) is 0 Å². The van der Waals surface area contributed by atoms with Gasteiger partial charge in [-0.05, 0) is 45.3 Å². The number of nitrogens with one attached hydrogen (secondary N) is 2. The third kappa shape index (κ3) is 3.39. The highest BCUT2D eigenvalue weighted by molar-refractivity contribution is 5.23. The van der Waals surface area contributed by atoms with Crippen molar-refractivity contribution in [2.45, 2.75) is 39.3 Å². The van der Waals surface area contributed by atoms with Crippen LogP contribution in [-0.2, 0) is 6.54 Å². The van der Waals surface area contributed by atoms with E-state index in [1.807, 2.05) is 0 Å². The number of likely N-dealkylation sites (tertiary alicyclic amines) is 1. The number of hydrogen-bond acceptors (Lipinski definition) is 3. The topological polar surface area (TPSA) is 44.0 Å². The first-order chi connectivity index (χ1) is 10.8. The molecule has 22 heavy (non-hydrogen) atoms. The Morgan fingerprint density at radius 1 is 1.18 bits per heavy atom. The normalized spacial score (nSPS) is 17.0. The van der Waals surface area contributed by atoms with Crippen LogP contribution in [0.1, 0.15) is 41.4 Å². The molecule has 1 fully saturated rings. The lowest BCUT2D eigenvalue weighted by Gasteiger charge is -2.28. The van der Waals surface area contributed by atoms with Crippen LogP contribution >= 0.6 is 0 Å². The van der Waals surface area contributed by atoms with E-state index in [2.05, 4.69) is 64.6 Å². The van der Waals surface area contributed by atoms with Crippen molar-refractivity contribution in [3.05, 3.63) is 52.8 Å². The summed E-state index contributed by atoms with van der Waals surface area (Å²) in [5.41, 5.74) is 4.98. The van der Waals surface area contributed by atoms with Gasteiger partial charge >= 0.3 is 0 Å². The SMILES string of the molecule is Cc1n[nH]c(C)c1CNC[C@H](c1ccccc1)N1CCCC1. The Morgan fingerprint density at radius 3 is 2.55 bits per heavy atom. The molecular weight excluding hydrogens is 272 g/mol. The Hall–Kier alpha value is -1.65. The number of nitrogens with zero attached hydrogens (tertiary/aromatic N) is 2. The maximum Gasteiger partial charge on any atom is 0.0638 e. The van der Waals surface area contributed by atoms with E-state index in [0.29, 0.717) is 6.04 Å². The molecule has 1 saturated heterocycles. The summed E-state index contributed by atoms with van der Waals surface area (Å²) >= 11 is 0. The molecule has 118 valence electrons. The van der Waals surface area contributed by atoms with Crippen LogP contribution in [0.4, 0.5) is 0 Å². The van der Waals surface area contributed by atoms with Crippen LogP contribution in [0.25, 0.3) is 0 Å². The smallest absolute Gasteiger partial charge is 0.0638 e. The number of H-pyrrole nitrogens is 1. The molecule has 1 aromatic carbocycles. The first kappa shape index (κ1) is 15.3. The molecule has 1 aliphatic heterocycles. The fraction of sp³-hybridized carbons (Fsp3) is 0.500. The minimum absolute atomic E-state index is 0.469. The van der Waals surface area contributed by atoms with Crippen LogP contribution in [0.15, 0.2) is 30.3 Å². The number of aromatic nitrogens is 2. The van der Waals surface area contributed by atoms with Crippen molar-refractivity contribution >= 4 is 0 Å². The zero-order chi connectivity index (χ0) is 15.4. The number of hydrogen-bond donors (Lipinski definition) is 2. The molecule has 2 N–H and O–H groups in total. The molecule has 0 radical (unpaired) electrons. The number of benzene rings is 1. The minimum Gasteiger partial charge on any atom is -0.311 e. The van der Waals surface area contributed by atoms with E-state index in [4.69, 9.17) is 0 Å². The van der Waals surface area contributed by atoms with Gasteiger partial charge in [0.25, 0.3) is 0 Å². The average molecular weight is 298 g/mol. The third-order valence-electron chi connectivity index (χ3n) is 4.69. The summed E-state index contributed by atoms with van der Waals surface area (Å²) in [4.78, 5) is 2.61. The maximum atomic E-state index is 4.27. The van der Waals surface area contributed by atoms with E-state index >= 15 is 0 Å². The molecule has 1 aliphatic rings. The van der Waals surface area contributed by atoms with Crippen molar-refractivity contribution < 1.29 is 0 Å². The van der Waals surface area contributed by atoms with Crippen molar-refractivity contribution in [2.75, 3.05) is 19.6 Å². The lowest BCUT2D eigenvalue weighted by Crippen LogP contribution is -2.34. The number of aromatic amines is 1. The second-order valence-electron chi connectivity index (χ2n) is 6.21. The molecule has 1 aromatic heterocycles. The van der Waals surface area contributed by atoms with Crippen LogP contribution in [0.3, 0.4) is 0 Å². The molecule has 0 aliphatic carbocycles. The summed E-state index contributed by atoms with van der Waals surface area (Å²) in [6, 6.07) is 11.3. The summed E-state index contributed by atoms with van der Waals surface area (Å²) in [6.45, 7) is 8.44. The molecule has 2 aromatic rings. The van der Waals surface area contributed by atoms with Crippen LogP contribution in [-0.4, -0.2) is 34.7 Å². The molecular formula is C18H26N4. The molecule has 3 rings (SSSR count). The van der Waals surface area contributed by atoms with E-state index in [0.717, 1.165) is 18.8 Å². The van der Waals surface area contributed by atoms with Crippen LogP contribution < -0.4 is 5.32 Å². The van der Waals surface area contributed by atoms with Gasteiger partial charge in [0.2, 0.25) is 0 Å². The quantitative estimate of drug-likeness (QED) is 0.862. The molecule has 0 bridgehead atoms. The number of aryl methyl sites for hydroxylation is 2. The lowest BCUT2D eigenvalue weighted by molar-refractivity contribution is 0.238. The van der Waals surface area contributed by atoms with Crippen molar-refractivity contribution in [3.8, 4) is 0 Å². The van der Waals surface area contributed by atoms with E-state index in [1.54, 1.807) is 0 Å². The Balaban J connectivity index is 1.65. The van der Waals surface area contributed by atoms with E-state index in [1.165, 1.54) is 42.8 Å². The van der Waals surface area contributed by atoms with E-state index in [-0.39, 0.29) is 0 Å². The van der Waals surface area contributed by atoms with Crippen LogP contribution in [0, 0.1) is 13.8 Å². The van der Waals surface area contributed by atoms with Crippen LogP contribution in [0.2, 0.25) is 0 Å². The first-order valence-corrected chi connectivity index (χ1v) is 8.26. The van der Waals surface area contributed by atoms with Crippen molar-refractivity contribution in [1.29, 1.82) is 0 Å². The third-order valence-corrected chi connectivity index (χ3v) is 4.69. The highest BCUT2D eigenvalue weighted by atomic mass is 15.2. The summed E-state index contributed by atoms with van der Waals surface area (Å²) < 4.78 is 0. The van der Waals surface area contributed by atoms with Crippen molar-refractivity contribution in [3.63, 3.8) is 0 Å². The molecule has 1 atom stereocenters. The zero-order valence-corrected chi connectivity index (χ0v) is 13.6. The fourth-order valence-corrected chi connectivity index (χ4v) is 3.35. The Bertz CT molecular complexity index is 565. The van der Waals surface area contributed by atoms with Gasteiger partial charge in [0.15, 0.2) is 0 Å². The monoisotopic (exact) mass is 298 g/mol. The maximum absolute atomic E-state index is 4.27. The average Bonchev–Trinajstić information content (AvgIpc) is 3.17. The second-order valence-corrected chi connectivity index (χ2v) is 6.21. The van der Waals surface area contributed by atoms with Crippen molar-refractivity contribution in [2.24, 2.45) is 0 Å². The highest BCUT2D eigenvalue weighted by Gasteiger charge is 2.23.